The van der Waals surface area contributed by atoms with E-state index in [9.17, 15) is 13.6 Å². The van der Waals surface area contributed by atoms with Gasteiger partial charge in [0.25, 0.3) is 5.91 Å². The molecular formula is C21H22F2N2O3. The summed E-state index contributed by atoms with van der Waals surface area (Å²) in [5.74, 6) is -1.74. The Kier molecular flexibility index (Phi) is 5.10. The molecule has 2 aromatic carbocycles. The third kappa shape index (κ3) is 3.32. The number of nitrogens with zero attached hydrogens (tertiary/aromatic N) is 2. The topological polar surface area (TPSA) is 51.1 Å². The van der Waals surface area contributed by atoms with Crippen LogP contribution >= 0.6 is 0 Å². The molecule has 0 N–H and O–H groups in total. The van der Waals surface area contributed by atoms with Crippen LogP contribution in [0.1, 0.15) is 35.3 Å². The fourth-order valence-electron chi connectivity index (χ4n) is 3.24. The average molecular weight is 388 g/mol. The zero-order valence-corrected chi connectivity index (χ0v) is 16.5. The summed E-state index contributed by atoms with van der Waals surface area (Å²) < 4.78 is 38.7. The lowest BCUT2D eigenvalue weighted by atomic mass is 9.84. The molecule has 0 saturated heterocycles. The number of methoxy groups -OCH3 is 2. The monoisotopic (exact) mass is 388 g/mol. The Bertz CT molecular complexity index is 970. The van der Waals surface area contributed by atoms with E-state index < -0.39 is 23.0 Å². The Labute approximate surface area is 162 Å². The van der Waals surface area contributed by atoms with Gasteiger partial charge in [-0.3, -0.25) is 4.79 Å². The van der Waals surface area contributed by atoms with Gasteiger partial charge in [-0.15, -0.1) is 0 Å². The molecule has 0 atom stereocenters. The SMILES string of the molecule is COc1ccc(C2=NN(C(=O)c3ccc(C)c(F)c3F)CC2(C)C)cc1OC. The van der Waals surface area contributed by atoms with Gasteiger partial charge in [0, 0.05) is 11.0 Å². The maximum atomic E-state index is 14.3. The van der Waals surface area contributed by atoms with Gasteiger partial charge in [-0.25, -0.2) is 13.8 Å². The van der Waals surface area contributed by atoms with Gasteiger partial charge in [0.15, 0.2) is 23.1 Å². The molecule has 5 nitrogen and oxygen atoms in total. The largest absolute Gasteiger partial charge is 0.493 e. The number of rotatable bonds is 4. The number of hydrogen-bond acceptors (Lipinski definition) is 4. The van der Waals surface area contributed by atoms with Crippen LogP contribution in [-0.2, 0) is 0 Å². The summed E-state index contributed by atoms with van der Waals surface area (Å²) in [5, 5.41) is 5.61. The molecule has 0 unspecified atom stereocenters. The fourth-order valence-corrected chi connectivity index (χ4v) is 3.24. The number of aryl methyl sites for hydroxylation is 1. The van der Waals surface area contributed by atoms with Crippen LogP contribution in [-0.4, -0.2) is 37.4 Å². The number of amides is 1. The van der Waals surface area contributed by atoms with Crippen LogP contribution in [0.25, 0.3) is 0 Å². The van der Waals surface area contributed by atoms with Gasteiger partial charge in [0.1, 0.15) is 0 Å². The maximum Gasteiger partial charge on any atom is 0.277 e. The van der Waals surface area contributed by atoms with E-state index in [-0.39, 0.29) is 17.7 Å². The van der Waals surface area contributed by atoms with Crippen molar-refractivity contribution in [3.05, 3.63) is 58.7 Å². The van der Waals surface area contributed by atoms with Crippen molar-refractivity contribution in [2.24, 2.45) is 10.5 Å². The first kappa shape index (κ1) is 19.8. The first-order valence-electron chi connectivity index (χ1n) is 8.77. The number of halogens is 2. The average Bonchev–Trinajstić information content (AvgIpc) is 3.00. The smallest absolute Gasteiger partial charge is 0.277 e. The van der Waals surface area contributed by atoms with E-state index in [2.05, 4.69) is 5.10 Å². The normalized spacial score (nSPS) is 15.4. The summed E-state index contributed by atoms with van der Waals surface area (Å²) in [6.07, 6.45) is 0. The third-order valence-electron chi connectivity index (χ3n) is 4.80. The Balaban J connectivity index is 2.00. The highest BCUT2D eigenvalue weighted by atomic mass is 19.2. The molecule has 1 aliphatic heterocycles. The lowest BCUT2D eigenvalue weighted by Gasteiger charge is -2.21. The number of hydrazone groups is 1. The molecule has 0 saturated carbocycles. The zero-order chi connectivity index (χ0) is 20.6. The van der Waals surface area contributed by atoms with Gasteiger partial charge in [-0.05, 0) is 36.8 Å². The van der Waals surface area contributed by atoms with Crippen LogP contribution in [0.5, 0.6) is 11.5 Å². The van der Waals surface area contributed by atoms with Gasteiger partial charge < -0.3 is 9.47 Å². The second-order valence-electron chi connectivity index (χ2n) is 7.32. The molecule has 0 fully saturated rings. The molecule has 0 aliphatic carbocycles. The lowest BCUT2D eigenvalue weighted by molar-refractivity contribution is 0.0747. The van der Waals surface area contributed by atoms with Crippen molar-refractivity contribution in [1.82, 2.24) is 5.01 Å². The summed E-state index contributed by atoms with van der Waals surface area (Å²) in [6.45, 7) is 5.55. The Hall–Kier alpha value is -2.96. The van der Waals surface area contributed by atoms with E-state index in [1.165, 1.54) is 31.2 Å². The molecule has 1 aliphatic rings. The van der Waals surface area contributed by atoms with Crippen molar-refractivity contribution in [3.63, 3.8) is 0 Å². The summed E-state index contributed by atoms with van der Waals surface area (Å²) >= 11 is 0. The predicted octanol–water partition coefficient (Wildman–Crippen LogP) is 4.18. The zero-order valence-electron chi connectivity index (χ0n) is 16.5. The minimum atomic E-state index is -1.16. The van der Waals surface area contributed by atoms with E-state index >= 15 is 0 Å². The Morgan fingerprint density at radius 3 is 2.39 bits per heavy atom. The van der Waals surface area contributed by atoms with Gasteiger partial charge >= 0.3 is 0 Å². The molecule has 0 radical (unpaired) electrons. The number of carbonyl (C=O) groups excluding carboxylic acids is 1. The predicted molar refractivity (Wildman–Crippen MR) is 102 cm³/mol. The van der Waals surface area contributed by atoms with Crippen LogP contribution in [0.2, 0.25) is 0 Å². The van der Waals surface area contributed by atoms with E-state index in [1.807, 2.05) is 19.9 Å². The van der Waals surface area contributed by atoms with Crippen molar-refractivity contribution < 1.29 is 23.0 Å². The van der Waals surface area contributed by atoms with E-state index in [0.29, 0.717) is 17.2 Å². The molecule has 0 aromatic heterocycles. The summed E-state index contributed by atoms with van der Waals surface area (Å²) in [4.78, 5) is 12.8. The van der Waals surface area contributed by atoms with Crippen molar-refractivity contribution in [2.45, 2.75) is 20.8 Å². The lowest BCUT2D eigenvalue weighted by Crippen LogP contribution is -2.32. The van der Waals surface area contributed by atoms with Crippen LogP contribution < -0.4 is 9.47 Å². The summed E-state index contributed by atoms with van der Waals surface area (Å²) in [6, 6.07) is 8.02. The van der Waals surface area contributed by atoms with Crippen molar-refractivity contribution in [1.29, 1.82) is 0 Å². The Morgan fingerprint density at radius 1 is 1.07 bits per heavy atom. The second-order valence-corrected chi connectivity index (χ2v) is 7.32. The molecule has 1 heterocycles. The maximum absolute atomic E-state index is 14.3. The summed E-state index contributed by atoms with van der Waals surface area (Å²) in [7, 11) is 3.08. The van der Waals surface area contributed by atoms with Crippen LogP contribution in [0, 0.1) is 24.0 Å². The highest BCUT2D eigenvalue weighted by molar-refractivity contribution is 6.08. The molecule has 2 aromatic rings. The second kappa shape index (κ2) is 7.22. The standard InChI is InChI=1S/C21H22F2N2O3/c1-12-6-8-14(18(23)17(12)22)20(26)25-11-21(2,3)19(24-25)13-7-9-15(27-4)16(10-13)28-5/h6-10H,11H2,1-5H3. The molecule has 0 spiro atoms. The Morgan fingerprint density at radius 2 is 1.75 bits per heavy atom. The van der Waals surface area contributed by atoms with Crippen molar-refractivity contribution in [2.75, 3.05) is 20.8 Å². The van der Waals surface area contributed by atoms with Crippen LogP contribution in [0.4, 0.5) is 8.78 Å². The van der Waals surface area contributed by atoms with Crippen LogP contribution in [0.15, 0.2) is 35.4 Å². The van der Waals surface area contributed by atoms with E-state index in [4.69, 9.17) is 9.47 Å². The molecule has 1 amide bonds. The molecule has 3 rings (SSSR count). The molecule has 28 heavy (non-hydrogen) atoms. The molecule has 0 bridgehead atoms. The molecule has 148 valence electrons. The number of carbonyl (C=O) groups is 1. The quantitative estimate of drug-likeness (QED) is 0.790. The highest BCUT2D eigenvalue weighted by Gasteiger charge is 2.39. The third-order valence-corrected chi connectivity index (χ3v) is 4.80. The van der Waals surface area contributed by atoms with Gasteiger partial charge in [-0.2, -0.15) is 5.10 Å². The van der Waals surface area contributed by atoms with Gasteiger partial charge in [0.2, 0.25) is 0 Å². The first-order chi connectivity index (χ1) is 13.2. The molecule has 7 heteroatoms. The first-order valence-corrected chi connectivity index (χ1v) is 8.77. The minimum absolute atomic E-state index is 0.144. The molecular weight excluding hydrogens is 366 g/mol. The van der Waals surface area contributed by atoms with Crippen LogP contribution in [0.3, 0.4) is 0 Å². The summed E-state index contributed by atoms with van der Waals surface area (Å²) in [5.41, 5.74) is 0.722. The van der Waals surface area contributed by atoms with Gasteiger partial charge in [0.05, 0.1) is 32.0 Å². The number of hydrogen-bond donors (Lipinski definition) is 0. The van der Waals surface area contributed by atoms with Crippen molar-refractivity contribution in [3.8, 4) is 11.5 Å². The van der Waals surface area contributed by atoms with Crippen molar-refractivity contribution >= 4 is 11.6 Å². The van der Waals surface area contributed by atoms with E-state index in [0.717, 1.165) is 5.56 Å². The minimum Gasteiger partial charge on any atom is -0.493 e. The van der Waals surface area contributed by atoms with E-state index in [1.54, 1.807) is 19.2 Å². The number of ether oxygens (including phenoxy) is 2. The fraction of sp³-hybridized carbons (Fsp3) is 0.333. The number of benzene rings is 2. The highest BCUT2D eigenvalue weighted by Crippen LogP contribution is 2.35. The van der Waals surface area contributed by atoms with Gasteiger partial charge in [-0.1, -0.05) is 19.9 Å².